The van der Waals surface area contributed by atoms with Gasteiger partial charge in [0.2, 0.25) is 0 Å². The van der Waals surface area contributed by atoms with Crippen LogP contribution in [-0.2, 0) is 0 Å². The van der Waals surface area contributed by atoms with E-state index in [-0.39, 0.29) is 0 Å². The van der Waals surface area contributed by atoms with Gasteiger partial charge in [-0.15, -0.1) is 0 Å². The van der Waals surface area contributed by atoms with E-state index < -0.39 is 8.80 Å². The third kappa shape index (κ3) is 3.74. The van der Waals surface area contributed by atoms with Gasteiger partial charge in [0, 0.05) is 0 Å². The molecular formula is C12H29NSi. The number of hydrogen-bond acceptors (Lipinski definition) is 1. The fraction of sp³-hybridized carbons (Fsp3) is 1.00. The van der Waals surface area contributed by atoms with E-state index in [0.29, 0.717) is 0 Å². The first kappa shape index (κ1) is 14.2. The van der Waals surface area contributed by atoms with Gasteiger partial charge in [-0.2, -0.15) is 0 Å². The lowest BCUT2D eigenvalue weighted by atomic mass is 10.4. The van der Waals surface area contributed by atoms with Crippen molar-refractivity contribution in [3.8, 4) is 0 Å². The van der Waals surface area contributed by atoms with Crippen molar-refractivity contribution in [2.75, 3.05) is 14.1 Å². The molecule has 0 aromatic rings. The topological polar surface area (TPSA) is 3.24 Å². The van der Waals surface area contributed by atoms with Crippen LogP contribution in [0.5, 0.6) is 0 Å². The van der Waals surface area contributed by atoms with Crippen LogP contribution in [0.3, 0.4) is 0 Å². The average Bonchev–Trinajstić information content (AvgIpc) is 2.11. The van der Waals surface area contributed by atoms with E-state index >= 15 is 0 Å². The molecule has 86 valence electrons. The lowest BCUT2D eigenvalue weighted by molar-refractivity contribution is 0.353. The van der Waals surface area contributed by atoms with Crippen LogP contribution in [-0.4, -0.2) is 33.5 Å². The molecule has 0 amide bonds. The Kier molecular flexibility index (Phi) is 6.71. The van der Waals surface area contributed by atoms with Crippen LogP contribution in [0.1, 0.15) is 47.5 Å². The van der Waals surface area contributed by atoms with E-state index in [0.717, 1.165) is 16.7 Å². The molecule has 0 fully saturated rings. The molecule has 0 aliphatic rings. The van der Waals surface area contributed by atoms with Crippen molar-refractivity contribution in [1.82, 2.24) is 4.90 Å². The molecule has 0 aromatic carbocycles. The minimum atomic E-state index is -0.648. The first-order valence-corrected chi connectivity index (χ1v) is 8.12. The summed E-state index contributed by atoms with van der Waals surface area (Å²) in [5, 5.41) is 0. The van der Waals surface area contributed by atoms with Gasteiger partial charge in [-0.25, -0.2) is 0 Å². The van der Waals surface area contributed by atoms with E-state index in [1.54, 1.807) is 0 Å². The van der Waals surface area contributed by atoms with Crippen LogP contribution in [0.2, 0.25) is 11.1 Å². The summed E-state index contributed by atoms with van der Waals surface area (Å²) in [7, 11) is 3.85. The van der Waals surface area contributed by atoms with Crippen molar-refractivity contribution in [3.05, 3.63) is 0 Å². The van der Waals surface area contributed by atoms with Crippen molar-refractivity contribution in [2.45, 2.75) is 64.2 Å². The summed E-state index contributed by atoms with van der Waals surface area (Å²) in [4.78, 5) is 2.46. The Morgan fingerprint density at radius 3 is 1.71 bits per heavy atom. The molecule has 0 radical (unpaired) electrons. The first-order valence-electron chi connectivity index (χ1n) is 6.12. The largest absolute Gasteiger partial charge is 0.310 e. The molecule has 0 aromatic heterocycles. The highest BCUT2D eigenvalue weighted by Gasteiger charge is 2.30. The molecule has 0 aliphatic carbocycles. The van der Waals surface area contributed by atoms with Gasteiger partial charge in [-0.3, -0.25) is 0 Å². The molecule has 0 N–H and O–H groups in total. The summed E-state index contributed by atoms with van der Waals surface area (Å²) in [5.41, 5.74) is 2.78. The molecule has 0 saturated heterocycles. The highest BCUT2D eigenvalue weighted by atomic mass is 28.3. The zero-order valence-electron chi connectivity index (χ0n) is 11.2. The molecule has 2 heteroatoms. The van der Waals surface area contributed by atoms with Gasteiger partial charge in [0.1, 0.15) is 0 Å². The Bertz CT molecular complexity index is 145. The maximum absolute atomic E-state index is 2.46. The van der Waals surface area contributed by atoms with Crippen molar-refractivity contribution < 1.29 is 0 Å². The molecule has 14 heavy (non-hydrogen) atoms. The maximum atomic E-state index is 2.46. The Labute approximate surface area is 92.5 Å². The predicted molar refractivity (Wildman–Crippen MR) is 69.7 cm³/mol. The van der Waals surface area contributed by atoms with Crippen LogP contribution in [0.15, 0.2) is 0 Å². The number of rotatable bonds is 6. The lowest BCUT2D eigenvalue weighted by Crippen LogP contribution is -2.45. The summed E-state index contributed by atoms with van der Waals surface area (Å²) in [6.07, 6.45) is 2.69. The van der Waals surface area contributed by atoms with Crippen molar-refractivity contribution >= 4 is 8.80 Å². The first-order chi connectivity index (χ1) is 6.45. The summed E-state index contributed by atoms with van der Waals surface area (Å²) >= 11 is 0. The fourth-order valence-electron chi connectivity index (χ4n) is 2.73. The van der Waals surface area contributed by atoms with E-state index in [2.05, 4.69) is 53.6 Å². The quantitative estimate of drug-likeness (QED) is 0.615. The summed E-state index contributed by atoms with van der Waals surface area (Å²) in [6, 6.07) is 0. The predicted octanol–water partition coefficient (Wildman–Crippen LogP) is 3.30. The molecule has 0 bridgehead atoms. The fourth-order valence-corrected chi connectivity index (χ4v) is 7.47. The standard InChI is InChI=1S/C12H29NSi/c1-8-11(5)14(10(3)4)12(9-2)13(6)7/h10-12,14H,8-9H2,1-7H3. The Morgan fingerprint density at radius 2 is 1.50 bits per heavy atom. The SMILES string of the molecule is CCC(C)[SiH](C(C)C)C(CC)N(C)C. The Hall–Kier alpha value is 0.177. The minimum absolute atomic E-state index is 0.648. The van der Waals surface area contributed by atoms with Crippen LogP contribution in [0.25, 0.3) is 0 Å². The molecule has 0 aliphatic heterocycles. The van der Waals surface area contributed by atoms with Gasteiger partial charge in [-0.05, 0) is 31.7 Å². The maximum Gasteiger partial charge on any atom is 0.0622 e. The third-order valence-electron chi connectivity index (χ3n) is 3.60. The van der Waals surface area contributed by atoms with Crippen molar-refractivity contribution in [3.63, 3.8) is 0 Å². The van der Waals surface area contributed by atoms with Gasteiger partial charge in [0.15, 0.2) is 0 Å². The van der Waals surface area contributed by atoms with Crippen molar-refractivity contribution in [1.29, 1.82) is 0 Å². The normalized spacial score (nSPS) is 18.6. The third-order valence-corrected chi connectivity index (χ3v) is 8.88. The molecule has 1 nitrogen and oxygen atoms in total. The van der Waals surface area contributed by atoms with E-state index in [9.17, 15) is 0 Å². The second kappa shape index (κ2) is 6.62. The second-order valence-corrected chi connectivity index (χ2v) is 9.54. The van der Waals surface area contributed by atoms with E-state index in [1.165, 1.54) is 12.8 Å². The van der Waals surface area contributed by atoms with Crippen LogP contribution < -0.4 is 0 Å². The van der Waals surface area contributed by atoms with Crippen LogP contribution in [0.4, 0.5) is 0 Å². The smallest absolute Gasteiger partial charge is 0.0622 e. The minimum Gasteiger partial charge on any atom is -0.310 e. The van der Waals surface area contributed by atoms with Gasteiger partial charge in [0.25, 0.3) is 0 Å². The van der Waals surface area contributed by atoms with Crippen LogP contribution in [0, 0.1) is 0 Å². The summed E-state index contributed by atoms with van der Waals surface area (Å²) in [6.45, 7) is 12.0. The molecule has 0 heterocycles. The number of nitrogens with zero attached hydrogens (tertiary/aromatic N) is 1. The average molecular weight is 215 g/mol. The molecule has 0 spiro atoms. The van der Waals surface area contributed by atoms with Gasteiger partial charge in [0.05, 0.1) is 8.80 Å². The van der Waals surface area contributed by atoms with Crippen LogP contribution >= 0.6 is 0 Å². The van der Waals surface area contributed by atoms with Gasteiger partial charge in [-0.1, -0.05) is 46.6 Å². The zero-order valence-corrected chi connectivity index (χ0v) is 12.3. The second-order valence-electron chi connectivity index (χ2n) is 5.15. The number of hydrogen-bond donors (Lipinski definition) is 0. The summed E-state index contributed by atoms with van der Waals surface area (Å²) < 4.78 is 0. The molecule has 0 saturated carbocycles. The molecule has 3 atom stereocenters. The van der Waals surface area contributed by atoms with E-state index in [1.807, 2.05) is 0 Å². The van der Waals surface area contributed by atoms with Gasteiger partial charge >= 0.3 is 0 Å². The Morgan fingerprint density at radius 1 is 1.00 bits per heavy atom. The Balaban J connectivity index is 4.60. The van der Waals surface area contributed by atoms with Gasteiger partial charge < -0.3 is 4.90 Å². The molecule has 3 unspecified atom stereocenters. The summed E-state index contributed by atoms with van der Waals surface area (Å²) in [5.74, 6) is 0. The zero-order chi connectivity index (χ0) is 11.3. The highest BCUT2D eigenvalue weighted by Crippen LogP contribution is 2.28. The van der Waals surface area contributed by atoms with Crippen molar-refractivity contribution in [2.24, 2.45) is 0 Å². The molecule has 0 rings (SSSR count). The highest BCUT2D eigenvalue weighted by molar-refractivity contribution is 6.63. The van der Waals surface area contributed by atoms with E-state index in [4.69, 9.17) is 0 Å². The lowest BCUT2D eigenvalue weighted by Gasteiger charge is -2.36. The molecular weight excluding hydrogens is 186 g/mol. The monoisotopic (exact) mass is 215 g/mol.